The Balaban J connectivity index is 1.48. The van der Waals surface area contributed by atoms with Crippen molar-refractivity contribution in [3.8, 4) is 11.5 Å². The first kappa shape index (κ1) is 16.9. The molecule has 7 heteroatoms. The average molecular weight is 372 g/mol. The van der Waals surface area contributed by atoms with Gasteiger partial charge < -0.3 is 14.0 Å². The van der Waals surface area contributed by atoms with Crippen LogP contribution in [0.3, 0.4) is 0 Å². The molecule has 1 aromatic heterocycles. The Kier molecular flexibility index (Phi) is 4.34. The maximum absolute atomic E-state index is 12.6. The van der Waals surface area contributed by atoms with E-state index in [2.05, 4.69) is 21.4 Å². The van der Waals surface area contributed by atoms with Crippen LogP contribution in [0.5, 0.6) is 11.5 Å². The van der Waals surface area contributed by atoms with Gasteiger partial charge in [0.2, 0.25) is 10.0 Å². The highest BCUT2D eigenvalue weighted by atomic mass is 32.2. The third-order valence-electron chi connectivity index (χ3n) is 4.49. The van der Waals surface area contributed by atoms with E-state index in [9.17, 15) is 8.42 Å². The second-order valence-electron chi connectivity index (χ2n) is 6.24. The fraction of sp³-hybridized carbons (Fsp3) is 0.263. The number of aryl methyl sites for hydroxylation is 1. The molecule has 0 saturated carbocycles. The lowest BCUT2D eigenvalue weighted by Crippen LogP contribution is -2.26. The van der Waals surface area contributed by atoms with Gasteiger partial charge in [0.15, 0.2) is 11.5 Å². The third-order valence-corrected chi connectivity index (χ3v) is 5.95. The van der Waals surface area contributed by atoms with Crippen molar-refractivity contribution in [3.63, 3.8) is 0 Å². The number of para-hydroxylation sites is 1. The molecule has 2 heterocycles. The number of nitrogens with one attached hydrogen (secondary N) is 1. The molecule has 136 valence electrons. The van der Waals surface area contributed by atoms with Crippen LogP contribution < -0.4 is 14.2 Å². The summed E-state index contributed by atoms with van der Waals surface area (Å²) < 4.78 is 40.8. The highest BCUT2D eigenvalue weighted by Gasteiger charge is 2.19. The molecule has 26 heavy (non-hydrogen) atoms. The fourth-order valence-corrected chi connectivity index (χ4v) is 4.27. The van der Waals surface area contributed by atoms with Crippen LogP contribution in [0, 0.1) is 0 Å². The molecule has 0 spiro atoms. The zero-order chi connectivity index (χ0) is 18.1. The summed E-state index contributed by atoms with van der Waals surface area (Å²) in [5.74, 6) is 1.04. The molecule has 0 unspecified atom stereocenters. The average Bonchev–Trinajstić information content (AvgIpc) is 2.97. The maximum atomic E-state index is 12.6. The first-order valence-corrected chi connectivity index (χ1v) is 9.95. The number of benzene rings is 2. The van der Waals surface area contributed by atoms with Gasteiger partial charge in [-0.1, -0.05) is 18.2 Å². The van der Waals surface area contributed by atoms with E-state index in [1.54, 1.807) is 6.07 Å². The van der Waals surface area contributed by atoms with Crippen molar-refractivity contribution in [2.45, 2.75) is 11.3 Å². The predicted molar refractivity (Wildman–Crippen MR) is 99.2 cm³/mol. The van der Waals surface area contributed by atoms with E-state index in [-0.39, 0.29) is 4.90 Å². The first-order valence-electron chi connectivity index (χ1n) is 8.47. The number of nitrogens with zero attached hydrogens (tertiary/aromatic N) is 1. The minimum absolute atomic E-state index is 0.180. The van der Waals surface area contributed by atoms with Gasteiger partial charge in [0.1, 0.15) is 13.2 Å². The third kappa shape index (κ3) is 3.15. The number of fused-ring (bicyclic) bond motifs is 2. The fourth-order valence-electron chi connectivity index (χ4n) is 3.22. The van der Waals surface area contributed by atoms with Crippen LogP contribution in [0.1, 0.15) is 5.56 Å². The van der Waals surface area contributed by atoms with Crippen molar-refractivity contribution in [1.29, 1.82) is 0 Å². The second-order valence-corrected chi connectivity index (χ2v) is 8.00. The number of hydrogen-bond acceptors (Lipinski definition) is 4. The summed E-state index contributed by atoms with van der Waals surface area (Å²) >= 11 is 0. The summed E-state index contributed by atoms with van der Waals surface area (Å²) in [7, 11) is -1.61. The highest BCUT2D eigenvalue weighted by molar-refractivity contribution is 7.89. The van der Waals surface area contributed by atoms with Crippen molar-refractivity contribution in [1.82, 2.24) is 9.29 Å². The molecular formula is C19H20N2O4S. The van der Waals surface area contributed by atoms with E-state index < -0.39 is 10.0 Å². The zero-order valence-corrected chi connectivity index (χ0v) is 15.3. The number of hydrogen-bond donors (Lipinski definition) is 1. The summed E-state index contributed by atoms with van der Waals surface area (Å²) in [5, 5.41) is 1.15. The molecule has 1 N–H and O–H groups in total. The summed E-state index contributed by atoms with van der Waals surface area (Å²) in [6.45, 7) is 1.22. The largest absolute Gasteiger partial charge is 0.486 e. The number of aromatic nitrogens is 1. The lowest BCUT2D eigenvalue weighted by Gasteiger charge is -2.18. The molecule has 0 amide bonds. The van der Waals surface area contributed by atoms with Crippen LogP contribution >= 0.6 is 0 Å². The van der Waals surface area contributed by atoms with E-state index in [1.807, 2.05) is 25.4 Å². The van der Waals surface area contributed by atoms with E-state index in [4.69, 9.17) is 9.47 Å². The lowest BCUT2D eigenvalue weighted by atomic mass is 10.1. The minimum atomic E-state index is -3.60. The quantitative estimate of drug-likeness (QED) is 0.747. The Labute approximate surface area is 152 Å². The van der Waals surface area contributed by atoms with Crippen LogP contribution in [0.15, 0.2) is 53.6 Å². The molecule has 1 aliphatic rings. The Morgan fingerprint density at radius 1 is 1.08 bits per heavy atom. The normalized spacial score (nSPS) is 13.9. The molecule has 0 fully saturated rings. The van der Waals surface area contributed by atoms with Crippen LogP contribution in [0.4, 0.5) is 0 Å². The Morgan fingerprint density at radius 3 is 2.69 bits per heavy atom. The van der Waals surface area contributed by atoms with Crippen molar-refractivity contribution in [2.24, 2.45) is 7.05 Å². The van der Waals surface area contributed by atoms with Gasteiger partial charge in [-0.05, 0) is 30.2 Å². The van der Waals surface area contributed by atoms with Crippen LogP contribution in [-0.4, -0.2) is 32.7 Å². The van der Waals surface area contributed by atoms with Gasteiger partial charge in [0, 0.05) is 36.8 Å². The van der Waals surface area contributed by atoms with Gasteiger partial charge in [-0.25, -0.2) is 13.1 Å². The Morgan fingerprint density at radius 2 is 1.85 bits per heavy atom. The summed E-state index contributed by atoms with van der Waals surface area (Å²) in [6.07, 6.45) is 2.66. The summed E-state index contributed by atoms with van der Waals surface area (Å²) in [6, 6.07) is 12.8. The van der Waals surface area contributed by atoms with Crippen LogP contribution in [0.2, 0.25) is 0 Å². The lowest BCUT2D eigenvalue weighted by molar-refractivity contribution is 0.171. The number of ether oxygens (including phenoxy) is 2. The standard InChI is InChI=1S/C19H20N2O4S/c1-21-13-14(16-4-2-3-5-17(16)21)8-9-20-26(22,23)15-6-7-18-19(12-15)25-11-10-24-18/h2-7,12-13,20H,8-11H2,1H3. The van der Waals surface area contributed by atoms with Gasteiger partial charge >= 0.3 is 0 Å². The predicted octanol–water partition coefficient (Wildman–Crippen LogP) is 2.47. The molecule has 0 radical (unpaired) electrons. The first-order chi connectivity index (χ1) is 12.5. The van der Waals surface area contributed by atoms with E-state index in [0.717, 1.165) is 16.5 Å². The molecule has 6 nitrogen and oxygen atoms in total. The molecule has 0 saturated heterocycles. The van der Waals surface area contributed by atoms with Gasteiger partial charge in [0.05, 0.1) is 4.90 Å². The molecule has 4 rings (SSSR count). The van der Waals surface area contributed by atoms with Gasteiger partial charge in [-0.2, -0.15) is 0 Å². The van der Waals surface area contributed by atoms with Crippen molar-refractivity contribution in [3.05, 3.63) is 54.2 Å². The van der Waals surface area contributed by atoms with E-state index >= 15 is 0 Å². The van der Waals surface area contributed by atoms with Crippen LogP contribution in [0.25, 0.3) is 10.9 Å². The summed E-state index contributed by atoms with van der Waals surface area (Å²) in [4.78, 5) is 0.180. The van der Waals surface area contributed by atoms with Gasteiger partial charge in [0.25, 0.3) is 0 Å². The molecule has 0 aliphatic carbocycles. The molecule has 1 aliphatic heterocycles. The van der Waals surface area contributed by atoms with E-state index in [0.29, 0.717) is 37.7 Å². The summed E-state index contributed by atoms with van der Waals surface area (Å²) in [5.41, 5.74) is 2.25. The zero-order valence-electron chi connectivity index (χ0n) is 14.4. The molecule has 2 aromatic carbocycles. The van der Waals surface area contributed by atoms with Crippen molar-refractivity contribution < 1.29 is 17.9 Å². The van der Waals surface area contributed by atoms with Crippen LogP contribution in [-0.2, 0) is 23.5 Å². The molecule has 3 aromatic rings. The van der Waals surface area contributed by atoms with Gasteiger partial charge in [-0.15, -0.1) is 0 Å². The number of sulfonamides is 1. The molecule has 0 atom stereocenters. The molecule has 0 bridgehead atoms. The van der Waals surface area contributed by atoms with Crippen molar-refractivity contribution in [2.75, 3.05) is 19.8 Å². The number of rotatable bonds is 5. The smallest absolute Gasteiger partial charge is 0.240 e. The SMILES string of the molecule is Cn1cc(CCNS(=O)(=O)c2ccc3c(c2)OCCO3)c2ccccc21. The maximum Gasteiger partial charge on any atom is 0.240 e. The molecular weight excluding hydrogens is 352 g/mol. The van der Waals surface area contributed by atoms with Crippen molar-refractivity contribution >= 4 is 20.9 Å². The highest BCUT2D eigenvalue weighted by Crippen LogP contribution is 2.32. The Hall–Kier alpha value is -2.51. The topological polar surface area (TPSA) is 69.6 Å². The monoisotopic (exact) mass is 372 g/mol. The minimum Gasteiger partial charge on any atom is -0.486 e. The van der Waals surface area contributed by atoms with E-state index in [1.165, 1.54) is 12.1 Å². The van der Waals surface area contributed by atoms with Gasteiger partial charge in [-0.3, -0.25) is 0 Å². The second kappa shape index (κ2) is 6.66. The Bertz CT molecular complexity index is 1060.